The molecule has 0 N–H and O–H groups in total. The highest BCUT2D eigenvalue weighted by Gasteiger charge is 2.34. The first kappa shape index (κ1) is 20.1. The summed E-state index contributed by atoms with van der Waals surface area (Å²) in [6.07, 6.45) is 0.389. The summed E-state index contributed by atoms with van der Waals surface area (Å²) in [7, 11) is -3.72. The standard InChI is InChI=1S/C22H21N3O4S/c1-3-29-22(26)21-18-14-24(30(27,28)17-9-7-15(2)8-10-17)12-11-19(18)25-16(13-23)5-4-6-20(21)25/h4-10H,3,11-12,14H2,1-2H3. The number of rotatable bonds is 4. The van der Waals surface area contributed by atoms with Crippen molar-refractivity contribution < 1.29 is 17.9 Å². The van der Waals surface area contributed by atoms with E-state index in [4.69, 9.17) is 4.74 Å². The van der Waals surface area contributed by atoms with Gasteiger partial charge in [-0.15, -0.1) is 0 Å². The molecule has 0 fully saturated rings. The summed E-state index contributed by atoms with van der Waals surface area (Å²) in [5, 5.41) is 9.55. The van der Waals surface area contributed by atoms with Crippen LogP contribution in [0.2, 0.25) is 0 Å². The molecule has 7 nitrogen and oxygen atoms in total. The average molecular weight is 423 g/mol. The van der Waals surface area contributed by atoms with E-state index in [2.05, 4.69) is 6.07 Å². The van der Waals surface area contributed by atoms with Gasteiger partial charge in [-0.2, -0.15) is 9.57 Å². The lowest BCUT2D eigenvalue weighted by Gasteiger charge is -2.27. The second kappa shape index (κ2) is 7.59. The minimum absolute atomic E-state index is 0.0479. The Bertz CT molecular complexity index is 1280. The number of sulfonamides is 1. The molecule has 1 aliphatic heterocycles. The van der Waals surface area contributed by atoms with Crippen LogP contribution < -0.4 is 0 Å². The molecule has 30 heavy (non-hydrogen) atoms. The average Bonchev–Trinajstić information content (AvgIpc) is 3.08. The Morgan fingerprint density at radius 3 is 2.60 bits per heavy atom. The molecule has 0 bridgehead atoms. The summed E-state index contributed by atoms with van der Waals surface area (Å²) in [6, 6.07) is 14.0. The summed E-state index contributed by atoms with van der Waals surface area (Å²) < 4.78 is 34.8. The summed E-state index contributed by atoms with van der Waals surface area (Å²) in [5.41, 5.74) is 3.63. The Balaban J connectivity index is 1.86. The highest BCUT2D eigenvalue weighted by atomic mass is 32.2. The molecule has 0 aliphatic carbocycles. The Kier molecular flexibility index (Phi) is 5.10. The Hall–Kier alpha value is -3.15. The molecule has 154 valence electrons. The van der Waals surface area contributed by atoms with E-state index in [-0.39, 0.29) is 24.6 Å². The molecule has 1 aromatic carbocycles. The van der Waals surface area contributed by atoms with Crippen molar-refractivity contribution in [1.29, 1.82) is 5.26 Å². The van der Waals surface area contributed by atoms with E-state index in [1.807, 2.05) is 6.92 Å². The van der Waals surface area contributed by atoms with Gasteiger partial charge in [0.25, 0.3) is 0 Å². The number of aryl methyl sites for hydroxylation is 1. The van der Waals surface area contributed by atoms with Gasteiger partial charge in [0.15, 0.2) is 0 Å². The number of hydrogen-bond donors (Lipinski definition) is 0. The molecule has 0 amide bonds. The minimum atomic E-state index is -3.72. The van der Waals surface area contributed by atoms with Crippen LogP contribution in [0.5, 0.6) is 0 Å². The lowest BCUT2D eigenvalue weighted by Crippen LogP contribution is -2.36. The number of ether oxygens (including phenoxy) is 1. The quantitative estimate of drug-likeness (QED) is 0.602. The molecule has 0 saturated heterocycles. The maximum Gasteiger partial charge on any atom is 0.340 e. The predicted octanol–water partition coefficient (Wildman–Crippen LogP) is 3.04. The van der Waals surface area contributed by atoms with Crippen molar-refractivity contribution in [1.82, 2.24) is 8.71 Å². The molecule has 8 heteroatoms. The highest BCUT2D eigenvalue weighted by Crippen LogP contribution is 2.33. The molecule has 0 unspecified atom stereocenters. The number of nitrogens with zero attached hydrogens (tertiary/aromatic N) is 3. The fourth-order valence-electron chi connectivity index (χ4n) is 3.93. The number of carbonyl (C=O) groups is 1. The molecule has 0 atom stereocenters. The van der Waals surface area contributed by atoms with Gasteiger partial charge in [-0.1, -0.05) is 23.8 Å². The third kappa shape index (κ3) is 3.16. The van der Waals surface area contributed by atoms with E-state index in [1.54, 1.807) is 53.8 Å². The molecule has 2 aromatic heterocycles. The minimum Gasteiger partial charge on any atom is -0.462 e. The van der Waals surface area contributed by atoms with Crippen LogP contribution in [0.25, 0.3) is 5.52 Å². The maximum atomic E-state index is 13.2. The first-order valence-corrected chi connectivity index (χ1v) is 11.1. The zero-order chi connectivity index (χ0) is 21.5. The van der Waals surface area contributed by atoms with Crippen LogP contribution in [0.1, 0.15) is 39.8 Å². The van der Waals surface area contributed by atoms with Crippen molar-refractivity contribution in [3.05, 3.63) is 70.5 Å². The number of aromatic nitrogens is 1. The Morgan fingerprint density at radius 2 is 1.93 bits per heavy atom. The molecule has 0 saturated carbocycles. The second-order valence-electron chi connectivity index (χ2n) is 7.17. The van der Waals surface area contributed by atoms with Gasteiger partial charge in [0.05, 0.1) is 22.6 Å². The molecule has 4 rings (SSSR count). The molecule has 1 aliphatic rings. The van der Waals surface area contributed by atoms with Gasteiger partial charge in [-0.05, 0) is 38.1 Å². The fourth-order valence-corrected chi connectivity index (χ4v) is 5.34. The van der Waals surface area contributed by atoms with Gasteiger partial charge in [-0.3, -0.25) is 0 Å². The number of benzene rings is 1. The Labute approximate surface area is 175 Å². The first-order valence-electron chi connectivity index (χ1n) is 9.67. The van der Waals surface area contributed by atoms with Crippen molar-refractivity contribution in [2.24, 2.45) is 0 Å². The van der Waals surface area contributed by atoms with E-state index in [1.165, 1.54) is 4.31 Å². The van der Waals surface area contributed by atoms with Gasteiger partial charge < -0.3 is 9.14 Å². The van der Waals surface area contributed by atoms with Gasteiger partial charge in [-0.25, -0.2) is 13.2 Å². The molecular formula is C22H21N3O4S. The predicted molar refractivity (Wildman–Crippen MR) is 111 cm³/mol. The van der Waals surface area contributed by atoms with Crippen molar-refractivity contribution in [2.75, 3.05) is 13.2 Å². The van der Waals surface area contributed by atoms with Crippen LogP contribution in [-0.2, 0) is 27.7 Å². The zero-order valence-corrected chi connectivity index (χ0v) is 17.6. The van der Waals surface area contributed by atoms with Crippen LogP contribution in [0.3, 0.4) is 0 Å². The summed E-state index contributed by atoms with van der Waals surface area (Å²) in [5.74, 6) is -0.513. The van der Waals surface area contributed by atoms with Crippen LogP contribution in [0, 0.1) is 18.3 Å². The molecular weight excluding hydrogens is 402 g/mol. The molecule has 3 heterocycles. The van der Waals surface area contributed by atoms with E-state index < -0.39 is 16.0 Å². The van der Waals surface area contributed by atoms with Gasteiger partial charge in [0, 0.05) is 30.8 Å². The number of hydrogen-bond acceptors (Lipinski definition) is 5. The summed E-state index contributed by atoms with van der Waals surface area (Å²) in [6.45, 7) is 4.13. The fraction of sp³-hybridized carbons (Fsp3) is 0.273. The SMILES string of the molecule is CCOC(=O)c1c2c(n3c(C#N)cccc13)CCN(S(=O)(=O)c1ccc(C)cc1)C2. The van der Waals surface area contributed by atoms with E-state index in [0.717, 1.165) is 11.3 Å². The number of esters is 1. The first-order chi connectivity index (χ1) is 14.4. The molecule has 0 spiro atoms. The maximum absolute atomic E-state index is 13.2. The lowest BCUT2D eigenvalue weighted by molar-refractivity contribution is 0.0526. The Morgan fingerprint density at radius 1 is 1.20 bits per heavy atom. The van der Waals surface area contributed by atoms with Gasteiger partial charge >= 0.3 is 5.97 Å². The van der Waals surface area contributed by atoms with E-state index >= 15 is 0 Å². The van der Waals surface area contributed by atoms with Crippen molar-refractivity contribution >= 4 is 21.5 Å². The highest BCUT2D eigenvalue weighted by molar-refractivity contribution is 7.89. The summed E-state index contributed by atoms with van der Waals surface area (Å²) in [4.78, 5) is 13.0. The topological polar surface area (TPSA) is 91.9 Å². The number of nitriles is 1. The van der Waals surface area contributed by atoms with Gasteiger partial charge in [0.2, 0.25) is 10.0 Å². The van der Waals surface area contributed by atoms with Crippen molar-refractivity contribution in [2.45, 2.75) is 31.7 Å². The van der Waals surface area contributed by atoms with Crippen LogP contribution in [0.15, 0.2) is 47.4 Å². The smallest absolute Gasteiger partial charge is 0.340 e. The normalized spacial score (nSPS) is 14.3. The molecule has 3 aromatic rings. The van der Waals surface area contributed by atoms with E-state index in [9.17, 15) is 18.5 Å². The number of pyridine rings is 1. The molecule has 0 radical (unpaired) electrons. The van der Waals surface area contributed by atoms with Crippen molar-refractivity contribution in [3.8, 4) is 6.07 Å². The summed E-state index contributed by atoms with van der Waals surface area (Å²) >= 11 is 0. The second-order valence-corrected chi connectivity index (χ2v) is 9.10. The van der Waals surface area contributed by atoms with E-state index in [0.29, 0.717) is 28.8 Å². The number of fused-ring (bicyclic) bond motifs is 3. The largest absolute Gasteiger partial charge is 0.462 e. The van der Waals surface area contributed by atoms with Crippen LogP contribution >= 0.6 is 0 Å². The lowest BCUT2D eigenvalue weighted by atomic mass is 10.0. The van der Waals surface area contributed by atoms with Crippen LogP contribution in [-0.4, -0.2) is 36.2 Å². The third-order valence-corrected chi connectivity index (χ3v) is 7.21. The van der Waals surface area contributed by atoms with Crippen molar-refractivity contribution in [3.63, 3.8) is 0 Å². The third-order valence-electron chi connectivity index (χ3n) is 5.35. The van der Waals surface area contributed by atoms with Gasteiger partial charge in [0.1, 0.15) is 11.8 Å². The zero-order valence-electron chi connectivity index (χ0n) is 16.8. The van der Waals surface area contributed by atoms with Crippen LogP contribution in [0.4, 0.5) is 0 Å². The monoisotopic (exact) mass is 423 g/mol. The number of carbonyl (C=O) groups excluding carboxylic acids is 1.